The van der Waals surface area contributed by atoms with Crippen LogP contribution in [-0.2, 0) is 9.53 Å². The molecule has 0 saturated heterocycles. The maximum Gasteiger partial charge on any atom is 0.328 e. The van der Waals surface area contributed by atoms with Crippen molar-refractivity contribution >= 4 is 23.6 Å². The Kier molecular flexibility index (Phi) is 7.30. The molecule has 0 aliphatic heterocycles. The van der Waals surface area contributed by atoms with E-state index in [1.807, 2.05) is 67.8 Å². The van der Waals surface area contributed by atoms with E-state index < -0.39 is 12.0 Å². The molecule has 0 spiro atoms. The number of nitrogens with zero attached hydrogens (tertiary/aromatic N) is 2. The third-order valence-electron chi connectivity index (χ3n) is 4.71. The van der Waals surface area contributed by atoms with Gasteiger partial charge in [0.15, 0.2) is 0 Å². The van der Waals surface area contributed by atoms with E-state index in [1.165, 1.54) is 7.11 Å². The normalized spacial score (nSPS) is 11.7. The largest absolute Gasteiger partial charge is 0.467 e. The van der Waals surface area contributed by atoms with Gasteiger partial charge in [-0.25, -0.2) is 9.48 Å². The van der Waals surface area contributed by atoms with Crippen molar-refractivity contribution in [2.45, 2.75) is 19.4 Å². The molecule has 1 atom stereocenters. The van der Waals surface area contributed by atoms with Crippen molar-refractivity contribution in [2.24, 2.45) is 0 Å². The van der Waals surface area contributed by atoms with Crippen molar-refractivity contribution < 1.29 is 14.3 Å². The molecule has 156 valence electrons. The minimum atomic E-state index is -0.708. The number of esters is 1. The van der Waals surface area contributed by atoms with Crippen LogP contribution in [-0.4, -0.2) is 46.8 Å². The van der Waals surface area contributed by atoms with Gasteiger partial charge in [0.1, 0.15) is 11.7 Å². The smallest absolute Gasteiger partial charge is 0.328 e. The van der Waals surface area contributed by atoms with Crippen molar-refractivity contribution in [1.29, 1.82) is 0 Å². The standard InChI is InChI=1S/C23H25N3O3S/c1-16-9-11-17(12-10-16)21-19(15-26(25-21)18-7-5-4-6-8-18)22(27)24-20(13-14-30-3)23(28)29-2/h4-12,15,20H,13-14H2,1-3H3,(H,24,27)/t20-/m1/s1. The van der Waals surface area contributed by atoms with E-state index in [0.29, 0.717) is 17.7 Å². The topological polar surface area (TPSA) is 73.2 Å². The summed E-state index contributed by atoms with van der Waals surface area (Å²) in [6.07, 6.45) is 4.14. The number of carbonyl (C=O) groups excluding carboxylic acids is 2. The van der Waals surface area contributed by atoms with Crippen molar-refractivity contribution in [3.8, 4) is 16.9 Å². The molecular formula is C23H25N3O3S. The zero-order valence-corrected chi connectivity index (χ0v) is 18.1. The number of rotatable bonds is 8. The second-order valence-corrected chi connectivity index (χ2v) is 7.85. The first-order chi connectivity index (χ1) is 14.5. The minimum absolute atomic E-state index is 0.357. The van der Waals surface area contributed by atoms with Crippen LogP contribution in [0, 0.1) is 6.92 Å². The first-order valence-corrected chi connectivity index (χ1v) is 11.0. The number of aromatic nitrogens is 2. The fraction of sp³-hybridized carbons (Fsp3) is 0.261. The first kappa shape index (κ1) is 21.6. The number of carbonyl (C=O) groups is 2. The summed E-state index contributed by atoms with van der Waals surface area (Å²) < 4.78 is 6.54. The van der Waals surface area contributed by atoms with Crippen LogP contribution in [0.1, 0.15) is 22.3 Å². The van der Waals surface area contributed by atoms with Crippen molar-refractivity contribution in [1.82, 2.24) is 15.1 Å². The molecule has 30 heavy (non-hydrogen) atoms. The molecule has 0 saturated carbocycles. The number of methoxy groups -OCH3 is 1. The fourth-order valence-corrected chi connectivity index (χ4v) is 3.51. The lowest BCUT2D eigenvalue weighted by Crippen LogP contribution is -2.42. The predicted octanol–water partition coefficient (Wildman–Crippen LogP) is 3.87. The summed E-state index contributed by atoms with van der Waals surface area (Å²) in [6.45, 7) is 2.01. The number of aryl methyl sites for hydroxylation is 1. The van der Waals surface area contributed by atoms with Crippen LogP contribution < -0.4 is 5.32 Å². The van der Waals surface area contributed by atoms with E-state index in [-0.39, 0.29) is 5.91 Å². The van der Waals surface area contributed by atoms with Gasteiger partial charge < -0.3 is 10.1 Å². The molecule has 1 N–H and O–H groups in total. The molecular weight excluding hydrogens is 398 g/mol. The summed E-state index contributed by atoms with van der Waals surface area (Å²) >= 11 is 1.61. The zero-order chi connectivity index (χ0) is 21.5. The van der Waals surface area contributed by atoms with Crippen LogP contribution in [0.5, 0.6) is 0 Å². The van der Waals surface area contributed by atoms with Gasteiger partial charge in [-0.3, -0.25) is 4.79 Å². The summed E-state index contributed by atoms with van der Waals surface area (Å²) in [7, 11) is 1.33. The molecule has 1 aromatic heterocycles. The molecule has 0 bridgehead atoms. The lowest BCUT2D eigenvalue weighted by atomic mass is 10.1. The summed E-state index contributed by atoms with van der Waals surface area (Å²) in [5.74, 6) is -0.0808. The molecule has 7 heteroatoms. The van der Waals surface area contributed by atoms with E-state index in [0.717, 1.165) is 22.6 Å². The second-order valence-electron chi connectivity index (χ2n) is 6.87. The van der Waals surface area contributed by atoms with E-state index in [1.54, 1.807) is 22.6 Å². The van der Waals surface area contributed by atoms with Crippen molar-refractivity contribution in [3.05, 3.63) is 71.9 Å². The van der Waals surface area contributed by atoms with Gasteiger partial charge in [0.2, 0.25) is 0 Å². The fourth-order valence-electron chi connectivity index (χ4n) is 3.04. The molecule has 3 aromatic rings. The molecule has 0 unspecified atom stereocenters. The van der Waals surface area contributed by atoms with E-state index in [4.69, 9.17) is 4.74 Å². The Labute approximate surface area is 180 Å². The Morgan fingerprint density at radius 1 is 1.13 bits per heavy atom. The Morgan fingerprint density at radius 3 is 2.47 bits per heavy atom. The van der Waals surface area contributed by atoms with Gasteiger partial charge in [-0.05, 0) is 37.5 Å². The average Bonchev–Trinajstić information content (AvgIpc) is 3.22. The first-order valence-electron chi connectivity index (χ1n) is 9.63. The van der Waals surface area contributed by atoms with Gasteiger partial charge in [-0.1, -0.05) is 48.0 Å². The number of para-hydroxylation sites is 1. The number of amides is 1. The van der Waals surface area contributed by atoms with E-state index >= 15 is 0 Å². The molecule has 0 aliphatic carbocycles. The Bertz CT molecular complexity index is 1000. The molecule has 0 fully saturated rings. The average molecular weight is 424 g/mol. The van der Waals surface area contributed by atoms with Crippen LogP contribution >= 0.6 is 11.8 Å². The Balaban J connectivity index is 1.98. The SMILES string of the molecule is COC(=O)[C@@H](CCSC)NC(=O)c1cn(-c2ccccc2)nc1-c1ccc(C)cc1. The van der Waals surface area contributed by atoms with E-state index in [9.17, 15) is 9.59 Å². The summed E-state index contributed by atoms with van der Waals surface area (Å²) in [4.78, 5) is 25.3. The predicted molar refractivity (Wildman–Crippen MR) is 120 cm³/mol. The minimum Gasteiger partial charge on any atom is -0.467 e. The molecule has 3 rings (SSSR count). The Hall–Kier alpha value is -3.06. The van der Waals surface area contributed by atoms with Crippen molar-refractivity contribution in [2.75, 3.05) is 19.1 Å². The van der Waals surface area contributed by atoms with Gasteiger partial charge in [-0.2, -0.15) is 16.9 Å². The summed E-state index contributed by atoms with van der Waals surface area (Å²) in [5, 5.41) is 7.50. The number of nitrogens with one attached hydrogen (secondary N) is 1. The van der Waals surface area contributed by atoms with Gasteiger partial charge in [-0.15, -0.1) is 0 Å². The van der Waals surface area contributed by atoms with Crippen LogP contribution in [0.2, 0.25) is 0 Å². The lowest BCUT2D eigenvalue weighted by Gasteiger charge is -2.16. The molecule has 1 amide bonds. The number of benzene rings is 2. The summed E-state index contributed by atoms with van der Waals surface area (Å²) in [6, 6.07) is 16.7. The molecule has 1 heterocycles. The lowest BCUT2D eigenvalue weighted by molar-refractivity contribution is -0.142. The third kappa shape index (κ3) is 5.10. The molecule has 0 radical (unpaired) electrons. The highest BCUT2D eigenvalue weighted by molar-refractivity contribution is 7.98. The monoisotopic (exact) mass is 423 g/mol. The maximum absolute atomic E-state index is 13.2. The van der Waals surface area contributed by atoms with Crippen LogP contribution in [0.25, 0.3) is 16.9 Å². The molecule has 2 aromatic carbocycles. The van der Waals surface area contributed by atoms with Crippen molar-refractivity contribution in [3.63, 3.8) is 0 Å². The maximum atomic E-state index is 13.2. The number of ether oxygens (including phenoxy) is 1. The number of hydrogen-bond donors (Lipinski definition) is 1. The zero-order valence-electron chi connectivity index (χ0n) is 17.3. The highest BCUT2D eigenvalue weighted by Crippen LogP contribution is 2.24. The van der Waals surface area contributed by atoms with Gasteiger partial charge >= 0.3 is 5.97 Å². The van der Waals surface area contributed by atoms with Gasteiger partial charge in [0.25, 0.3) is 5.91 Å². The third-order valence-corrected chi connectivity index (χ3v) is 5.35. The molecule has 0 aliphatic rings. The highest BCUT2D eigenvalue weighted by atomic mass is 32.2. The Morgan fingerprint density at radius 2 is 1.83 bits per heavy atom. The highest BCUT2D eigenvalue weighted by Gasteiger charge is 2.25. The second kappa shape index (κ2) is 10.1. The molecule has 6 nitrogen and oxygen atoms in total. The van der Waals surface area contributed by atoms with Crippen LogP contribution in [0.4, 0.5) is 0 Å². The summed E-state index contributed by atoms with van der Waals surface area (Å²) in [5.41, 5.74) is 3.76. The van der Waals surface area contributed by atoms with E-state index in [2.05, 4.69) is 10.4 Å². The van der Waals surface area contributed by atoms with Crippen LogP contribution in [0.3, 0.4) is 0 Å². The quantitative estimate of drug-likeness (QED) is 0.557. The van der Waals surface area contributed by atoms with Crippen LogP contribution in [0.15, 0.2) is 60.8 Å². The van der Waals surface area contributed by atoms with Gasteiger partial charge in [0.05, 0.1) is 18.4 Å². The number of thioether (sulfide) groups is 1. The van der Waals surface area contributed by atoms with Gasteiger partial charge in [0, 0.05) is 11.8 Å². The number of hydrogen-bond acceptors (Lipinski definition) is 5.